The Kier molecular flexibility index (Phi) is 4.12. The molecule has 1 aromatic rings. The molecule has 2 rings (SSSR count). The first-order valence-corrected chi connectivity index (χ1v) is 6.79. The van der Waals surface area contributed by atoms with Crippen LogP contribution in [0.1, 0.15) is 31.7 Å². The summed E-state index contributed by atoms with van der Waals surface area (Å²) in [6.45, 7) is 3.61. The monoisotopic (exact) mass is 266 g/mol. The number of nitrogens with two attached hydrogens (primary N) is 1. The van der Waals surface area contributed by atoms with E-state index < -0.39 is 0 Å². The van der Waals surface area contributed by atoms with Crippen LogP contribution in [-0.4, -0.2) is 17.4 Å². The number of halogens is 1. The van der Waals surface area contributed by atoms with Gasteiger partial charge in [0.25, 0.3) is 0 Å². The van der Waals surface area contributed by atoms with Crippen molar-refractivity contribution in [3.8, 4) is 0 Å². The third-order valence-corrected chi connectivity index (χ3v) is 3.78. The molecule has 1 unspecified atom stereocenters. The first-order chi connectivity index (χ1) is 8.60. The van der Waals surface area contributed by atoms with E-state index in [2.05, 4.69) is 6.92 Å². The number of carbonyl (C=O) groups is 1. The molecule has 2 N–H and O–H groups in total. The lowest BCUT2D eigenvalue weighted by Crippen LogP contribution is -2.24. The maximum absolute atomic E-state index is 11.9. The van der Waals surface area contributed by atoms with Crippen molar-refractivity contribution in [3.05, 3.63) is 28.8 Å². The number of hydrogen-bond acceptors (Lipinski definition) is 2. The minimum absolute atomic E-state index is 0.237. The van der Waals surface area contributed by atoms with E-state index in [4.69, 9.17) is 17.3 Å². The smallest absolute Gasteiger partial charge is 0.223 e. The van der Waals surface area contributed by atoms with Crippen LogP contribution in [-0.2, 0) is 11.3 Å². The number of amides is 1. The number of hydrogen-bond donors (Lipinski definition) is 1. The van der Waals surface area contributed by atoms with Crippen LogP contribution in [0.25, 0.3) is 0 Å². The van der Waals surface area contributed by atoms with Gasteiger partial charge in [-0.3, -0.25) is 4.79 Å². The Balaban J connectivity index is 2.03. The van der Waals surface area contributed by atoms with Gasteiger partial charge in [0.2, 0.25) is 5.91 Å². The molecule has 0 aliphatic carbocycles. The van der Waals surface area contributed by atoms with Gasteiger partial charge in [-0.2, -0.15) is 0 Å². The maximum Gasteiger partial charge on any atom is 0.223 e. The molecule has 1 amide bonds. The van der Waals surface area contributed by atoms with Crippen molar-refractivity contribution in [2.75, 3.05) is 12.3 Å². The number of likely N-dealkylation sites (tertiary alicyclic amines) is 1. The van der Waals surface area contributed by atoms with Gasteiger partial charge in [0.1, 0.15) is 0 Å². The molecule has 1 saturated heterocycles. The number of nitrogens with zero attached hydrogens (tertiary/aromatic N) is 1. The molecule has 18 heavy (non-hydrogen) atoms. The molecule has 1 atom stereocenters. The molecule has 98 valence electrons. The minimum Gasteiger partial charge on any atom is -0.399 e. The Morgan fingerprint density at radius 1 is 1.50 bits per heavy atom. The van der Waals surface area contributed by atoms with E-state index in [1.54, 1.807) is 6.07 Å². The van der Waals surface area contributed by atoms with Gasteiger partial charge in [-0.1, -0.05) is 31.0 Å². The molecule has 4 heteroatoms. The number of rotatable bonds is 4. The van der Waals surface area contributed by atoms with Gasteiger partial charge < -0.3 is 10.6 Å². The van der Waals surface area contributed by atoms with Crippen LogP contribution >= 0.6 is 11.6 Å². The Hall–Kier alpha value is -1.22. The minimum atomic E-state index is 0.237. The average Bonchev–Trinajstić information content (AvgIpc) is 2.64. The van der Waals surface area contributed by atoms with E-state index in [0.717, 1.165) is 24.9 Å². The van der Waals surface area contributed by atoms with Crippen molar-refractivity contribution in [2.24, 2.45) is 5.92 Å². The molecule has 1 aliphatic rings. The van der Waals surface area contributed by atoms with Crippen LogP contribution in [0.2, 0.25) is 5.02 Å². The maximum atomic E-state index is 11.9. The number of nitrogen functional groups attached to an aromatic ring is 1. The van der Waals surface area contributed by atoms with Gasteiger partial charge in [0, 0.05) is 30.2 Å². The normalized spacial score (nSPS) is 19.6. The quantitative estimate of drug-likeness (QED) is 0.852. The van der Waals surface area contributed by atoms with E-state index >= 15 is 0 Å². The second-order valence-corrected chi connectivity index (χ2v) is 5.39. The molecule has 1 aromatic carbocycles. The summed E-state index contributed by atoms with van der Waals surface area (Å²) in [6, 6.07) is 5.46. The highest BCUT2D eigenvalue weighted by Gasteiger charge is 2.28. The predicted molar refractivity (Wildman–Crippen MR) is 74.3 cm³/mol. The molecule has 0 bridgehead atoms. The van der Waals surface area contributed by atoms with E-state index in [1.165, 1.54) is 0 Å². The highest BCUT2D eigenvalue weighted by atomic mass is 35.5. The van der Waals surface area contributed by atoms with Gasteiger partial charge >= 0.3 is 0 Å². The van der Waals surface area contributed by atoms with Crippen LogP contribution < -0.4 is 5.73 Å². The van der Waals surface area contributed by atoms with Crippen molar-refractivity contribution in [2.45, 2.75) is 32.7 Å². The molecule has 1 fully saturated rings. The molecular weight excluding hydrogens is 248 g/mol. The lowest BCUT2D eigenvalue weighted by atomic mass is 10.0. The first kappa shape index (κ1) is 13.2. The van der Waals surface area contributed by atoms with Crippen molar-refractivity contribution in [1.29, 1.82) is 0 Å². The molecular formula is C14H19ClN2O. The molecule has 0 saturated carbocycles. The summed E-state index contributed by atoms with van der Waals surface area (Å²) < 4.78 is 0. The number of anilines is 1. The lowest BCUT2D eigenvalue weighted by molar-refractivity contribution is -0.128. The number of benzene rings is 1. The van der Waals surface area contributed by atoms with Gasteiger partial charge in [0.05, 0.1) is 0 Å². The standard InChI is InChI=1S/C14H19ClN2O/c1-2-3-10-6-14(18)17(8-10)9-11-4-5-12(16)7-13(11)15/h4-5,7,10H,2-3,6,8-9,16H2,1H3. The zero-order valence-electron chi connectivity index (χ0n) is 10.7. The summed E-state index contributed by atoms with van der Waals surface area (Å²) in [7, 11) is 0. The number of carbonyl (C=O) groups excluding carboxylic acids is 1. The van der Waals surface area contributed by atoms with Gasteiger partial charge in [-0.25, -0.2) is 0 Å². The molecule has 3 nitrogen and oxygen atoms in total. The highest BCUT2D eigenvalue weighted by Crippen LogP contribution is 2.26. The topological polar surface area (TPSA) is 46.3 Å². The predicted octanol–water partition coefficient (Wildman–Crippen LogP) is 3.07. The Morgan fingerprint density at radius 3 is 2.94 bits per heavy atom. The van der Waals surface area contributed by atoms with Crippen molar-refractivity contribution in [1.82, 2.24) is 4.90 Å². The SMILES string of the molecule is CCCC1CC(=O)N(Cc2ccc(N)cc2Cl)C1. The summed E-state index contributed by atoms with van der Waals surface area (Å²) in [6.07, 6.45) is 2.94. The highest BCUT2D eigenvalue weighted by molar-refractivity contribution is 6.31. The lowest BCUT2D eigenvalue weighted by Gasteiger charge is -2.17. The summed E-state index contributed by atoms with van der Waals surface area (Å²) in [5.41, 5.74) is 7.28. The second-order valence-electron chi connectivity index (χ2n) is 4.98. The first-order valence-electron chi connectivity index (χ1n) is 6.41. The Morgan fingerprint density at radius 2 is 2.28 bits per heavy atom. The van der Waals surface area contributed by atoms with E-state index in [-0.39, 0.29) is 5.91 Å². The largest absolute Gasteiger partial charge is 0.399 e. The van der Waals surface area contributed by atoms with Crippen molar-refractivity contribution in [3.63, 3.8) is 0 Å². The van der Waals surface area contributed by atoms with Crippen LogP contribution in [0.5, 0.6) is 0 Å². The van der Waals surface area contributed by atoms with Crippen LogP contribution in [0, 0.1) is 5.92 Å². The summed E-state index contributed by atoms with van der Waals surface area (Å²) in [5, 5.41) is 0.641. The van der Waals surface area contributed by atoms with Crippen LogP contribution in [0.15, 0.2) is 18.2 Å². The van der Waals surface area contributed by atoms with Crippen LogP contribution in [0.4, 0.5) is 5.69 Å². The molecule has 1 heterocycles. The summed E-state index contributed by atoms with van der Waals surface area (Å²) in [5.74, 6) is 0.747. The van der Waals surface area contributed by atoms with Crippen molar-refractivity contribution < 1.29 is 4.79 Å². The average molecular weight is 267 g/mol. The summed E-state index contributed by atoms with van der Waals surface area (Å²) >= 11 is 6.14. The second kappa shape index (κ2) is 5.61. The fraction of sp³-hybridized carbons (Fsp3) is 0.500. The summed E-state index contributed by atoms with van der Waals surface area (Å²) in [4.78, 5) is 13.8. The van der Waals surface area contributed by atoms with E-state index in [0.29, 0.717) is 29.6 Å². The van der Waals surface area contributed by atoms with Crippen molar-refractivity contribution >= 4 is 23.2 Å². The van der Waals surface area contributed by atoms with E-state index in [1.807, 2.05) is 17.0 Å². The molecule has 0 radical (unpaired) electrons. The van der Waals surface area contributed by atoms with Gasteiger partial charge in [-0.15, -0.1) is 0 Å². The third-order valence-electron chi connectivity index (χ3n) is 3.43. The zero-order chi connectivity index (χ0) is 13.1. The fourth-order valence-corrected chi connectivity index (χ4v) is 2.75. The Bertz CT molecular complexity index is 447. The zero-order valence-corrected chi connectivity index (χ0v) is 11.4. The molecule has 1 aliphatic heterocycles. The Labute approximate surface area is 113 Å². The van der Waals surface area contributed by atoms with Gasteiger partial charge in [-0.05, 0) is 30.0 Å². The fourth-order valence-electron chi connectivity index (χ4n) is 2.51. The van der Waals surface area contributed by atoms with Gasteiger partial charge in [0.15, 0.2) is 0 Å². The third kappa shape index (κ3) is 2.96. The van der Waals surface area contributed by atoms with Crippen LogP contribution in [0.3, 0.4) is 0 Å². The molecule has 0 aromatic heterocycles. The van der Waals surface area contributed by atoms with E-state index in [9.17, 15) is 4.79 Å². The molecule has 0 spiro atoms.